The van der Waals surface area contributed by atoms with Crippen LogP contribution in [-0.2, 0) is 16.6 Å². The highest BCUT2D eigenvalue weighted by atomic mass is 32.2. The molecule has 1 amide bonds. The van der Waals surface area contributed by atoms with Crippen molar-refractivity contribution in [3.05, 3.63) is 76.3 Å². The average molecular weight is 476 g/mol. The molecule has 1 aromatic heterocycles. The van der Waals surface area contributed by atoms with Gasteiger partial charge in [-0.05, 0) is 58.0 Å². The van der Waals surface area contributed by atoms with Crippen LogP contribution in [0.3, 0.4) is 0 Å². The summed E-state index contributed by atoms with van der Waals surface area (Å²) in [5.41, 5.74) is 2.34. The molecule has 0 bridgehead atoms. The number of hydrogen-bond donors (Lipinski definition) is 2. The van der Waals surface area contributed by atoms with Crippen molar-refractivity contribution in [1.82, 2.24) is 10.2 Å². The first kappa shape index (κ1) is 28.4. The number of nitrogens with one attached hydrogen (secondary N) is 1. The van der Waals surface area contributed by atoms with E-state index in [9.17, 15) is 13.2 Å². The molecule has 0 saturated carbocycles. The van der Waals surface area contributed by atoms with Crippen LogP contribution in [0.2, 0.25) is 0 Å². The second-order valence-electron chi connectivity index (χ2n) is 7.64. The third-order valence-corrected chi connectivity index (χ3v) is 5.84. The molecule has 0 aliphatic rings. The van der Waals surface area contributed by atoms with Gasteiger partial charge in [-0.1, -0.05) is 51.7 Å². The summed E-state index contributed by atoms with van der Waals surface area (Å²) >= 11 is 0. The summed E-state index contributed by atoms with van der Waals surface area (Å²) in [6.07, 6.45) is 9.02. The summed E-state index contributed by atoms with van der Waals surface area (Å²) in [4.78, 5) is 15.3. The van der Waals surface area contributed by atoms with Gasteiger partial charge in [0.15, 0.2) is 0 Å². The molecule has 0 saturated heterocycles. The summed E-state index contributed by atoms with van der Waals surface area (Å²) < 4.78 is 29.7. The molecule has 182 valence electrons. The average Bonchev–Trinajstić information content (AvgIpc) is 3.14. The minimum Gasteiger partial charge on any atom is -0.459 e. The van der Waals surface area contributed by atoms with Gasteiger partial charge in [0.05, 0.1) is 17.0 Å². The van der Waals surface area contributed by atoms with Gasteiger partial charge in [-0.3, -0.25) is 9.69 Å². The molecule has 0 unspecified atom stereocenters. The van der Waals surface area contributed by atoms with Crippen molar-refractivity contribution in [3.63, 3.8) is 0 Å². The lowest BCUT2D eigenvalue weighted by Crippen LogP contribution is -2.26. The molecule has 1 rings (SSSR count). The minimum atomic E-state index is -3.89. The molecule has 0 aliphatic heterocycles. The third kappa shape index (κ3) is 8.64. The summed E-state index contributed by atoms with van der Waals surface area (Å²) in [6, 6.07) is 1.70. The Morgan fingerprint density at radius 2 is 1.88 bits per heavy atom. The van der Waals surface area contributed by atoms with Crippen LogP contribution < -0.4 is 10.5 Å². The molecule has 0 radical (unpaired) electrons. The van der Waals surface area contributed by atoms with E-state index in [4.69, 9.17) is 9.56 Å². The van der Waals surface area contributed by atoms with E-state index in [2.05, 4.69) is 16.8 Å². The zero-order valence-corrected chi connectivity index (χ0v) is 21.4. The monoisotopic (exact) mass is 475 g/mol. The number of carbonyl (C=O) groups excluding carboxylic acids is 1. The molecule has 33 heavy (non-hydrogen) atoms. The maximum atomic E-state index is 13.2. The van der Waals surface area contributed by atoms with Crippen LogP contribution in [0.1, 0.15) is 69.8 Å². The highest BCUT2D eigenvalue weighted by Crippen LogP contribution is 2.28. The fourth-order valence-electron chi connectivity index (χ4n) is 3.10. The Morgan fingerprint density at radius 1 is 1.24 bits per heavy atom. The largest absolute Gasteiger partial charge is 0.459 e. The smallest absolute Gasteiger partial charge is 0.259 e. The van der Waals surface area contributed by atoms with Crippen molar-refractivity contribution < 1.29 is 17.6 Å². The molecule has 3 N–H and O–H groups in total. The molecule has 0 atom stereocenters. The number of hydrogen-bond acceptors (Lipinski definition) is 5. The van der Waals surface area contributed by atoms with E-state index in [-0.39, 0.29) is 4.91 Å². The van der Waals surface area contributed by atoms with Crippen molar-refractivity contribution in [2.45, 2.75) is 54.5 Å². The Labute approximate surface area is 198 Å². The minimum absolute atomic E-state index is 0.0436. The first-order valence-electron chi connectivity index (χ1n) is 11.0. The molecule has 0 spiro atoms. The number of furan rings is 1. The number of amides is 1. The molecule has 1 heterocycles. The Balaban J connectivity index is 3.44. The SMILES string of the molecule is C=C(C)/C(=C\C=C/C)c1cc(C(=O)N/C(C)=C/C(=C\CC)S(N)(=O)=O)c(CN(CC)CC)o1. The van der Waals surface area contributed by atoms with Gasteiger partial charge in [0.25, 0.3) is 5.91 Å². The van der Waals surface area contributed by atoms with Gasteiger partial charge in [0, 0.05) is 11.3 Å². The number of carbonyl (C=O) groups is 1. The molecular weight excluding hydrogens is 438 g/mol. The van der Waals surface area contributed by atoms with Crippen molar-refractivity contribution in [2.75, 3.05) is 13.1 Å². The van der Waals surface area contributed by atoms with E-state index in [1.165, 1.54) is 12.2 Å². The van der Waals surface area contributed by atoms with Crippen LogP contribution in [0.15, 0.2) is 63.6 Å². The summed E-state index contributed by atoms with van der Waals surface area (Å²) in [6.45, 7) is 17.4. The second kappa shape index (κ2) is 13.1. The first-order chi connectivity index (χ1) is 15.5. The van der Waals surface area contributed by atoms with Crippen LogP contribution in [0.5, 0.6) is 0 Å². The normalized spacial score (nSPS) is 13.8. The topological polar surface area (TPSA) is 106 Å². The fourth-order valence-corrected chi connectivity index (χ4v) is 3.84. The molecule has 0 aliphatic carbocycles. The van der Waals surface area contributed by atoms with Crippen LogP contribution >= 0.6 is 0 Å². The van der Waals surface area contributed by atoms with E-state index in [0.29, 0.717) is 35.7 Å². The van der Waals surface area contributed by atoms with Crippen LogP contribution in [0, 0.1) is 0 Å². The maximum Gasteiger partial charge on any atom is 0.259 e. The molecule has 0 aromatic carbocycles. The first-order valence-corrected chi connectivity index (χ1v) is 12.6. The molecule has 7 nitrogen and oxygen atoms in total. The quantitative estimate of drug-likeness (QED) is 0.419. The fraction of sp³-hybridized carbons (Fsp3) is 0.400. The zero-order valence-electron chi connectivity index (χ0n) is 20.6. The Bertz CT molecular complexity index is 1070. The van der Waals surface area contributed by atoms with Gasteiger partial charge in [-0.25, -0.2) is 13.6 Å². The van der Waals surface area contributed by atoms with Gasteiger partial charge in [-0.15, -0.1) is 0 Å². The van der Waals surface area contributed by atoms with Crippen LogP contribution in [0.25, 0.3) is 5.57 Å². The van der Waals surface area contributed by atoms with E-state index in [1.54, 1.807) is 19.9 Å². The van der Waals surface area contributed by atoms with Gasteiger partial charge in [0.2, 0.25) is 10.0 Å². The number of sulfonamides is 1. The zero-order chi connectivity index (χ0) is 25.2. The van der Waals surface area contributed by atoms with E-state index >= 15 is 0 Å². The van der Waals surface area contributed by atoms with Gasteiger partial charge < -0.3 is 9.73 Å². The molecular formula is C25H37N3O4S. The summed E-state index contributed by atoms with van der Waals surface area (Å²) in [5, 5.41) is 8.03. The molecule has 1 aromatic rings. The lowest BCUT2D eigenvalue weighted by molar-refractivity contribution is 0.0962. The highest BCUT2D eigenvalue weighted by Gasteiger charge is 2.22. The van der Waals surface area contributed by atoms with Crippen molar-refractivity contribution in [1.29, 1.82) is 0 Å². The Kier molecular flexibility index (Phi) is 11.3. The van der Waals surface area contributed by atoms with Gasteiger partial charge >= 0.3 is 0 Å². The second-order valence-corrected chi connectivity index (χ2v) is 9.20. The van der Waals surface area contributed by atoms with E-state index in [1.807, 2.05) is 45.9 Å². The highest BCUT2D eigenvalue weighted by molar-refractivity contribution is 7.93. The van der Waals surface area contributed by atoms with E-state index < -0.39 is 15.9 Å². The van der Waals surface area contributed by atoms with Crippen LogP contribution in [-0.4, -0.2) is 32.3 Å². The summed E-state index contributed by atoms with van der Waals surface area (Å²) in [7, 11) is -3.89. The van der Waals surface area contributed by atoms with Crippen molar-refractivity contribution >= 4 is 21.5 Å². The lowest BCUT2D eigenvalue weighted by atomic mass is 10.1. The van der Waals surface area contributed by atoms with Crippen molar-refractivity contribution in [3.8, 4) is 0 Å². The Morgan fingerprint density at radius 3 is 2.36 bits per heavy atom. The number of primary sulfonamides is 1. The van der Waals surface area contributed by atoms with Gasteiger partial charge in [-0.2, -0.15) is 0 Å². The number of nitrogens with two attached hydrogens (primary N) is 1. The standard InChI is InChI=1S/C25H37N3O4S/c1-8-12-14-21(18(5)6)23-16-22(24(32-23)17-28(10-3)11-4)25(29)27-19(7)15-20(13-9-2)33(26,30)31/h8,12-16H,5,9-11,17H2,1-4,6-7H3,(H,27,29)(H2,26,30,31)/b12-8-,19-15+,20-13+,21-14+. The third-order valence-electron chi connectivity index (χ3n) is 4.90. The Hall–Kier alpha value is -2.68. The van der Waals surface area contributed by atoms with E-state index in [0.717, 1.165) is 24.2 Å². The lowest BCUT2D eigenvalue weighted by Gasteiger charge is -2.17. The molecule has 8 heteroatoms. The predicted molar refractivity (Wildman–Crippen MR) is 136 cm³/mol. The van der Waals surface area contributed by atoms with Gasteiger partial charge in [0.1, 0.15) is 11.5 Å². The number of nitrogens with zero attached hydrogens (tertiary/aromatic N) is 1. The maximum absolute atomic E-state index is 13.2. The van der Waals surface area contributed by atoms with Crippen LogP contribution in [0.4, 0.5) is 0 Å². The predicted octanol–water partition coefficient (Wildman–Crippen LogP) is 4.87. The number of rotatable bonds is 12. The number of allylic oxidation sites excluding steroid dienone is 8. The molecule has 0 fully saturated rings. The van der Waals surface area contributed by atoms with Crippen molar-refractivity contribution in [2.24, 2.45) is 5.14 Å². The summed E-state index contributed by atoms with van der Waals surface area (Å²) in [5.74, 6) is 0.686.